The van der Waals surface area contributed by atoms with Gasteiger partial charge in [0.15, 0.2) is 0 Å². The molecule has 84 valence electrons. The smallest absolute Gasteiger partial charge is 0.141 e. The maximum atomic E-state index is 13.0. The molecule has 1 unspecified atom stereocenters. The number of rotatable bonds is 5. The van der Waals surface area contributed by atoms with Crippen LogP contribution in [0.3, 0.4) is 0 Å². The van der Waals surface area contributed by atoms with Crippen molar-refractivity contribution < 1.29 is 4.39 Å². The monoisotopic (exact) mass is 210 g/mol. The van der Waals surface area contributed by atoms with Crippen molar-refractivity contribution in [1.82, 2.24) is 10.3 Å². The molecule has 3 heteroatoms. The van der Waals surface area contributed by atoms with Crippen LogP contribution >= 0.6 is 0 Å². The summed E-state index contributed by atoms with van der Waals surface area (Å²) in [5.74, 6) is 0.316. The van der Waals surface area contributed by atoms with E-state index >= 15 is 0 Å². The van der Waals surface area contributed by atoms with E-state index in [-0.39, 0.29) is 11.9 Å². The van der Waals surface area contributed by atoms with Crippen molar-refractivity contribution in [2.75, 3.05) is 6.54 Å². The molecule has 1 aromatic heterocycles. The van der Waals surface area contributed by atoms with Crippen molar-refractivity contribution in [3.05, 3.63) is 29.8 Å². The average Bonchev–Trinajstić information content (AvgIpc) is 2.16. The lowest BCUT2D eigenvalue weighted by molar-refractivity contribution is 0.435. The molecule has 1 N–H and O–H groups in total. The van der Waals surface area contributed by atoms with Gasteiger partial charge in [-0.15, -0.1) is 0 Å². The van der Waals surface area contributed by atoms with Crippen LogP contribution in [0, 0.1) is 11.7 Å². The number of nitrogens with one attached hydrogen (secondary N) is 1. The average molecular weight is 210 g/mol. The third-order valence-corrected chi connectivity index (χ3v) is 2.29. The number of hydrogen-bond acceptors (Lipinski definition) is 2. The number of nitrogens with zero attached hydrogens (tertiary/aromatic N) is 1. The third-order valence-electron chi connectivity index (χ3n) is 2.29. The van der Waals surface area contributed by atoms with Gasteiger partial charge in [-0.3, -0.25) is 4.98 Å². The van der Waals surface area contributed by atoms with Crippen molar-refractivity contribution in [2.24, 2.45) is 5.92 Å². The lowest BCUT2D eigenvalue weighted by Crippen LogP contribution is -2.22. The van der Waals surface area contributed by atoms with Gasteiger partial charge in [0.25, 0.3) is 0 Å². The Hall–Kier alpha value is -0.960. The first-order chi connectivity index (χ1) is 7.13. The molecule has 0 radical (unpaired) electrons. The molecule has 0 aliphatic heterocycles. The van der Waals surface area contributed by atoms with Crippen molar-refractivity contribution in [3.8, 4) is 0 Å². The van der Waals surface area contributed by atoms with E-state index in [1.54, 1.807) is 12.3 Å². The van der Waals surface area contributed by atoms with Gasteiger partial charge in [0.05, 0.1) is 6.20 Å². The highest BCUT2D eigenvalue weighted by molar-refractivity contribution is 5.15. The quantitative estimate of drug-likeness (QED) is 0.808. The predicted octanol–water partition coefficient (Wildman–Crippen LogP) is 2.92. The minimum atomic E-state index is -0.265. The molecular formula is C12H19FN2. The first-order valence-corrected chi connectivity index (χ1v) is 5.47. The third kappa shape index (κ3) is 3.96. The summed E-state index contributed by atoms with van der Waals surface area (Å²) in [5.41, 5.74) is 0.936. The summed E-state index contributed by atoms with van der Waals surface area (Å²) < 4.78 is 13.0. The zero-order valence-corrected chi connectivity index (χ0v) is 9.63. The lowest BCUT2D eigenvalue weighted by Gasteiger charge is -2.19. The first-order valence-electron chi connectivity index (χ1n) is 5.47. The molecule has 0 fully saturated rings. The van der Waals surface area contributed by atoms with E-state index in [9.17, 15) is 4.39 Å². The maximum absolute atomic E-state index is 13.0. The normalized spacial score (nSPS) is 13.1. The van der Waals surface area contributed by atoms with Crippen LogP contribution in [-0.4, -0.2) is 11.5 Å². The number of halogens is 1. The number of hydrogen-bond donors (Lipinski definition) is 1. The zero-order valence-electron chi connectivity index (χ0n) is 9.63. The molecule has 1 atom stereocenters. The SMILES string of the molecule is CCNC(CC(C)C)c1cncc(F)c1. The van der Waals surface area contributed by atoms with E-state index in [4.69, 9.17) is 0 Å². The van der Waals surface area contributed by atoms with Crippen LogP contribution in [0.1, 0.15) is 38.8 Å². The molecule has 1 heterocycles. The van der Waals surface area contributed by atoms with Crippen LogP contribution < -0.4 is 5.32 Å². The van der Waals surface area contributed by atoms with Gasteiger partial charge < -0.3 is 5.32 Å². The molecule has 0 aromatic carbocycles. The highest BCUT2D eigenvalue weighted by Gasteiger charge is 2.12. The molecule has 0 saturated heterocycles. The van der Waals surface area contributed by atoms with Crippen LogP contribution in [-0.2, 0) is 0 Å². The highest BCUT2D eigenvalue weighted by atomic mass is 19.1. The molecule has 0 saturated carbocycles. The minimum absolute atomic E-state index is 0.207. The fourth-order valence-corrected chi connectivity index (χ4v) is 1.67. The Kier molecular flexibility index (Phi) is 4.69. The fourth-order valence-electron chi connectivity index (χ4n) is 1.67. The Balaban J connectivity index is 2.78. The zero-order chi connectivity index (χ0) is 11.3. The summed E-state index contributed by atoms with van der Waals surface area (Å²) >= 11 is 0. The molecule has 15 heavy (non-hydrogen) atoms. The van der Waals surface area contributed by atoms with Crippen molar-refractivity contribution in [1.29, 1.82) is 0 Å². The summed E-state index contributed by atoms with van der Waals surface area (Å²) in [6, 6.07) is 1.76. The van der Waals surface area contributed by atoms with E-state index in [0.717, 1.165) is 18.5 Å². The Labute approximate surface area is 90.9 Å². The van der Waals surface area contributed by atoms with Crippen molar-refractivity contribution >= 4 is 0 Å². The van der Waals surface area contributed by atoms with E-state index in [1.165, 1.54) is 6.20 Å². The summed E-state index contributed by atoms with van der Waals surface area (Å²) in [6.45, 7) is 7.27. The molecule has 0 spiro atoms. The predicted molar refractivity (Wildman–Crippen MR) is 60.1 cm³/mol. The van der Waals surface area contributed by atoms with Gasteiger partial charge in [-0.25, -0.2) is 4.39 Å². The van der Waals surface area contributed by atoms with E-state index in [2.05, 4.69) is 31.1 Å². The Morgan fingerprint density at radius 2 is 2.13 bits per heavy atom. The Morgan fingerprint density at radius 1 is 1.40 bits per heavy atom. The molecular weight excluding hydrogens is 191 g/mol. The molecule has 0 bridgehead atoms. The highest BCUT2D eigenvalue weighted by Crippen LogP contribution is 2.20. The molecule has 1 aromatic rings. The van der Waals surface area contributed by atoms with Gasteiger partial charge in [-0.05, 0) is 30.5 Å². The molecule has 2 nitrogen and oxygen atoms in total. The summed E-state index contributed by atoms with van der Waals surface area (Å²) in [6.07, 6.45) is 3.97. The van der Waals surface area contributed by atoms with Crippen LogP contribution in [0.5, 0.6) is 0 Å². The number of pyridine rings is 1. The van der Waals surface area contributed by atoms with Gasteiger partial charge >= 0.3 is 0 Å². The van der Waals surface area contributed by atoms with Gasteiger partial charge in [0, 0.05) is 12.2 Å². The lowest BCUT2D eigenvalue weighted by atomic mass is 9.98. The second-order valence-electron chi connectivity index (χ2n) is 4.18. The minimum Gasteiger partial charge on any atom is -0.310 e. The van der Waals surface area contributed by atoms with Crippen molar-refractivity contribution in [3.63, 3.8) is 0 Å². The molecule has 0 aliphatic rings. The summed E-state index contributed by atoms with van der Waals surface area (Å²) in [4.78, 5) is 3.88. The molecule has 0 amide bonds. The summed E-state index contributed by atoms with van der Waals surface area (Å²) in [7, 11) is 0. The Morgan fingerprint density at radius 3 is 2.67 bits per heavy atom. The standard InChI is InChI=1S/C12H19FN2/c1-4-15-12(5-9(2)3)10-6-11(13)8-14-7-10/h6-9,12,15H,4-5H2,1-3H3. The van der Waals surface area contributed by atoms with Crippen LogP contribution in [0.2, 0.25) is 0 Å². The van der Waals surface area contributed by atoms with Gasteiger partial charge in [0.1, 0.15) is 5.82 Å². The molecule has 1 rings (SSSR count). The van der Waals surface area contributed by atoms with E-state index in [0.29, 0.717) is 5.92 Å². The fraction of sp³-hybridized carbons (Fsp3) is 0.583. The topological polar surface area (TPSA) is 24.9 Å². The largest absolute Gasteiger partial charge is 0.310 e. The van der Waals surface area contributed by atoms with Crippen molar-refractivity contribution in [2.45, 2.75) is 33.2 Å². The Bertz CT molecular complexity index is 299. The van der Waals surface area contributed by atoms with Gasteiger partial charge in [-0.2, -0.15) is 0 Å². The van der Waals surface area contributed by atoms with Crippen LogP contribution in [0.15, 0.2) is 18.5 Å². The maximum Gasteiger partial charge on any atom is 0.141 e. The van der Waals surface area contributed by atoms with Crippen LogP contribution in [0.4, 0.5) is 4.39 Å². The summed E-state index contributed by atoms with van der Waals surface area (Å²) in [5, 5.41) is 3.35. The van der Waals surface area contributed by atoms with E-state index in [1.807, 2.05) is 0 Å². The van der Waals surface area contributed by atoms with Gasteiger partial charge in [0.2, 0.25) is 0 Å². The second-order valence-corrected chi connectivity index (χ2v) is 4.18. The van der Waals surface area contributed by atoms with Crippen LogP contribution in [0.25, 0.3) is 0 Å². The molecule has 0 aliphatic carbocycles. The number of aromatic nitrogens is 1. The first kappa shape index (κ1) is 12.1. The van der Waals surface area contributed by atoms with E-state index < -0.39 is 0 Å². The second kappa shape index (κ2) is 5.81. The van der Waals surface area contributed by atoms with Gasteiger partial charge in [-0.1, -0.05) is 20.8 Å².